The van der Waals surface area contributed by atoms with Gasteiger partial charge in [-0.2, -0.15) is 0 Å². The molecule has 172 valence electrons. The standard InChI is InChI=1S/C23H25N5O4S/c1-31-17-10-11-19(32-2)18(13-17)25-23(30)28-12-6-7-15(14-28)21-26-27-22(33-21)20(29)24-16-8-4-3-5-9-16/h3-5,8-11,13,15H,6-7,12,14H2,1-2H3,(H,24,29)(H,25,30). The van der Waals surface area contributed by atoms with Crippen molar-refractivity contribution in [3.8, 4) is 11.5 Å². The number of likely N-dealkylation sites (tertiary alicyclic amines) is 1. The van der Waals surface area contributed by atoms with Crippen LogP contribution in [0.3, 0.4) is 0 Å². The third-order valence-electron chi connectivity index (χ3n) is 5.37. The van der Waals surface area contributed by atoms with Crippen LogP contribution in [0.5, 0.6) is 11.5 Å². The van der Waals surface area contributed by atoms with Crippen molar-refractivity contribution in [2.24, 2.45) is 0 Å². The van der Waals surface area contributed by atoms with Crippen molar-refractivity contribution in [1.29, 1.82) is 0 Å². The fraction of sp³-hybridized carbons (Fsp3) is 0.304. The van der Waals surface area contributed by atoms with Gasteiger partial charge in [-0.05, 0) is 37.1 Å². The predicted octanol–water partition coefficient (Wildman–Crippen LogP) is 4.22. The minimum atomic E-state index is -0.291. The van der Waals surface area contributed by atoms with Gasteiger partial charge in [-0.3, -0.25) is 4.79 Å². The monoisotopic (exact) mass is 467 g/mol. The van der Waals surface area contributed by atoms with Crippen LogP contribution in [0, 0.1) is 0 Å². The highest BCUT2D eigenvalue weighted by atomic mass is 32.1. The molecule has 2 heterocycles. The smallest absolute Gasteiger partial charge is 0.321 e. The van der Waals surface area contributed by atoms with Crippen molar-refractivity contribution in [2.45, 2.75) is 18.8 Å². The molecule has 3 amide bonds. The number of aromatic nitrogens is 2. The lowest BCUT2D eigenvalue weighted by Crippen LogP contribution is -2.41. The number of rotatable bonds is 6. The highest BCUT2D eigenvalue weighted by molar-refractivity contribution is 7.13. The SMILES string of the molecule is COc1ccc(OC)c(NC(=O)N2CCCC(c3nnc(C(=O)Nc4ccccc4)s3)C2)c1. The van der Waals surface area contributed by atoms with E-state index in [1.54, 1.807) is 37.3 Å². The topological polar surface area (TPSA) is 106 Å². The van der Waals surface area contributed by atoms with Gasteiger partial charge >= 0.3 is 6.03 Å². The van der Waals surface area contributed by atoms with E-state index in [9.17, 15) is 9.59 Å². The first kappa shape index (κ1) is 22.5. The Hall–Kier alpha value is -3.66. The summed E-state index contributed by atoms with van der Waals surface area (Å²) in [7, 11) is 3.12. The molecule has 10 heteroatoms. The van der Waals surface area contributed by atoms with Crippen LogP contribution in [0.4, 0.5) is 16.2 Å². The lowest BCUT2D eigenvalue weighted by molar-refractivity contribution is 0.102. The number of hydrogen-bond donors (Lipinski definition) is 2. The van der Waals surface area contributed by atoms with E-state index in [1.807, 2.05) is 30.3 Å². The number of nitrogens with zero attached hydrogens (tertiary/aromatic N) is 3. The molecule has 2 N–H and O–H groups in total. The zero-order valence-corrected chi connectivity index (χ0v) is 19.2. The number of para-hydroxylation sites is 1. The van der Waals surface area contributed by atoms with Gasteiger partial charge in [0.15, 0.2) is 0 Å². The second kappa shape index (κ2) is 10.3. The molecule has 2 aromatic carbocycles. The zero-order valence-electron chi connectivity index (χ0n) is 18.4. The average Bonchev–Trinajstić information content (AvgIpc) is 3.35. The summed E-state index contributed by atoms with van der Waals surface area (Å²) in [4.78, 5) is 27.2. The number of carbonyl (C=O) groups excluding carboxylic acids is 2. The quantitative estimate of drug-likeness (QED) is 0.562. The first-order valence-electron chi connectivity index (χ1n) is 10.5. The molecule has 3 aromatic rings. The molecule has 9 nitrogen and oxygen atoms in total. The van der Waals surface area contributed by atoms with Crippen molar-refractivity contribution in [1.82, 2.24) is 15.1 Å². The highest BCUT2D eigenvalue weighted by Crippen LogP contribution is 2.32. The maximum atomic E-state index is 13.0. The minimum absolute atomic E-state index is 0.0208. The second-order valence-corrected chi connectivity index (χ2v) is 8.56. The Labute approximate surface area is 195 Å². The van der Waals surface area contributed by atoms with Gasteiger partial charge in [-0.1, -0.05) is 29.5 Å². The third-order valence-corrected chi connectivity index (χ3v) is 6.46. The number of urea groups is 1. The predicted molar refractivity (Wildman–Crippen MR) is 126 cm³/mol. The van der Waals surface area contributed by atoms with Crippen LogP contribution in [-0.4, -0.2) is 54.3 Å². The summed E-state index contributed by atoms with van der Waals surface area (Å²) in [5, 5.41) is 15.1. The molecule has 1 fully saturated rings. The molecule has 0 radical (unpaired) electrons. The van der Waals surface area contributed by atoms with E-state index in [4.69, 9.17) is 9.47 Å². The van der Waals surface area contributed by atoms with Crippen LogP contribution in [0.2, 0.25) is 0 Å². The van der Waals surface area contributed by atoms with E-state index in [0.717, 1.165) is 17.8 Å². The van der Waals surface area contributed by atoms with Crippen LogP contribution in [0.1, 0.15) is 33.6 Å². The number of nitrogens with one attached hydrogen (secondary N) is 2. The fourth-order valence-electron chi connectivity index (χ4n) is 3.67. The van der Waals surface area contributed by atoms with Gasteiger partial charge < -0.3 is 25.0 Å². The number of methoxy groups -OCH3 is 2. The van der Waals surface area contributed by atoms with Gasteiger partial charge in [-0.15, -0.1) is 10.2 Å². The van der Waals surface area contributed by atoms with E-state index in [-0.39, 0.29) is 17.9 Å². The van der Waals surface area contributed by atoms with Crippen LogP contribution >= 0.6 is 11.3 Å². The van der Waals surface area contributed by atoms with Crippen molar-refractivity contribution >= 4 is 34.6 Å². The fourth-order valence-corrected chi connectivity index (χ4v) is 4.53. The maximum Gasteiger partial charge on any atom is 0.321 e. The van der Waals surface area contributed by atoms with Gasteiger partial charge in [0.05, 0.1) is 19.9 Å². The number of ether oxygens (including phenoxy) is 2. The lowest BCUT2D eigenvalue weighted by atomic mass is 9.99. The van der Waals surface area contributed by atoms with Crippen LogP contribution in [-0.2, 0) is 0 Å². The molecule has 0 saturated carbocycles. The summed E-state index contributed by atoms with van der Waals surface area (Å²) in [6.07, 6.45) is 1.71. The molecule has 1 aliphatic heterocycles. The number of piperidine rings is 1. The van der Waals surface area contributed by atoms with Crippen molar-refractivity contribution in [3.05, 3.63) is 58.5 Å². The van der Waals surface area contributed by atoms with Crippen molar-refractivity contribution < 1.29 is 19.1 Å². The first-order valence-corrected chi connectivity index (χ1v) is 11.4. The summed E-state index contributed by atoms with van der Waals surface area (Å²) >= 11 is 1.27. The van der Waals surface area contributed by atoms with E-state index < -0.39 is 0 Å². The normalized spacial score (nSPS) is 15.6. The third kappa shape index (κ3) is 5.40. The van der Waals surface area contributed by atoms with Crippen LogP contribution < -0.4 is 20.1 Å². The minimum Gasteiger partial charge on any atom is -0.497 e. The molecule has 0 spiro atoms. The van der Waals surface area contributed by atoms with Gasteiger partial charge in [0, 0.05) is 30.8 Å². The molecule has 4 rings (SSSR count). The molecule has 0 aliphatic carbocycles. The summed E-state index contributed by atoms with van der Waals surface area (Å²) < 4.78 is 10.6. The summed E-state index contributed by atoms with van der Waals surface area (Å²) in [6, 6.07) is 14.2. The zero-order chi connectivity index (χ0) is 23.2. The molecule has 0 bridgehead atoms. The first-order chi connectivity index (χ1) is 16.1. The average molecular weight is 468 g/mol. The van der Waals surface area contributed by atoms with E-state index in [1.165, 1.54) is 11.3 Å². The lowest BCUT2D eigenvalue weighted by Gasteiger charge is -2.31. The Bertz CT molecular complexity index is 1120. The van der Waals surface area contributed by atoms with Crippen molar-refractivity contribution in [2.75, 3.05) is 37.9 Å². The molecule has 33 heavy (non-hydrogen) atoms. The van der Waals surface area contributed by atoms with Crippen molar-refractivity contribution in [3.63, 3.8) is 0 Å². The highest BCUT2D eigenvalue weighted by Gasteiger charge is 2.28. The Morgan fingerprint density at radius 3 is 2.64 bits per heavy atom. The summed E-state index contributed by atoms with van der Waals surface area (Å²) in [5.41, 5.74) is 1.24. The Balaban J connectivity index is 1.41. The van der Waals surface area contributed by atoms with E-state index in [0.29, 0.717) is 41.0 Å². The number of hydrogen-bond acceptors (Lipinski definition) is 7. The second-order valence-electron chi connectivity index (χ2n) is 7.55. The van der Waals surface area contributed by atoms with Gasteiger partial charge in [-0.25, -0.2) is 4.79 Å². The Kier molecular flexibility index (Phi) is 7.04. The Morgan fingerprint density at radius 1 is 1.06 bits per heavy atom. The maximum absolute atomic E-state index is 13.0. The van der Waals surface area contributed by atoms with Crippen LogP contribution in [0.25, 0.3) is 0 Å². The molecule has 1 unspecified atom stereocenters. The van der Waals surface area contributed by atoms with E-state index >= 15 is 0 Å². The molecular weight excluding hydrogens is 442 g/mol. The number of benzene rings is 2. The Morgan fingerprint density at radius 2 is 1.88 bits per heavy atom. The number of anilines is 2. The van der Waals surface area contributed by atoms with Gasteiger partial charge in [0.1, 0.15) is 16.5 Å². The molecule has 1 atom stereocenters. The van der Waals surface area contributed by atoms with Gasteiger partial charge in [0.2, 0.25) is 5.01 Å². The number of amides is 3. The molecule has 1 aromatic heterocycles. The molecule has 1 aliphatic rings. The van der Waals surface area contributed by atoms with Gasteiger partial charge in [0.25, 0.3) is 5.91 Å². The largest absolute Gasteiger partial charge is 0.497 e. The van der Waals surface area contributed by atoms with E-state index in [2.05, 4.69) is 20.8 Å². The number of carbonyl (C=O) groups is 2. The van der Waals surface area contributed by atoms with Crippen LogP contribution in [0.15, 0.2) is 48.5 Å². The molecular formula is C23H25N5O4S. The summed E-state index contributed by atoms with van der Waals surface area (Å²) in [5.74, 6) is 0.904. The summed E-state index contributed by atoms with van der Waals surface area (Å²) in [6.45, 7) is 1.13. The molecule has 1 saturated heterocycles.